The maximum atomic E-state index is 11.2. The molecule has 0 N–H and O–H groups in total. The number of hydrogen-bond acceptors (Lipinski definition) is 3. The Balaban J connectivity index is 2.79. The van der Waals surface area contributed by atoms with Crippen LogP contribution in [0.3, 0.4) is 0 Å². The summed E-state index contributed by atoms with van der Waals surface area (Å²) in [5, 5.41) is 0. The van der Waals surface area contributed by atoms with Crippen molar-refractivity contribution in [2.75, 3.05) is 20.7 Å². The van der Waals surface area contributed by atoms with E-state index >= 15 is 0 Å². The van der Waals surface area contributed by atoms with Gasteiger partial charge >= 0.3 is 5.97 Å². The van der Waals surface area contributed by atoms with Crippen molar-refractivity contribution in [1.82, 2.24) is 4.90 Å². The Hall–Kier alpha value is -1.61. The quantitative estimate of drug-likeness (QED) is 0.577. The van der Waals surface area contributed by atoms with Gasteiger partial charge in [-0.3, -0.25) is 0 Å². The third kappa shape index (κ3) is 4.83. The fraction of sp³-hybridized carbons (Fsp3) is 0.357. The molecule has 0 amide bonds. The molecule has 1 rings (SSSR count). The third-order valence-corrected chi connectivity index (χ3v) is 2.23. The molecular weight excluding hydrogens is 214 g/mol. The minimum absolute atomic E-state index is 0.299. The number of benzene rings is 1. The van der Waals surface area contributed by atoms with Gasteiger partial charge in [0.2, 0.25) is 0 Å². The van der Waals surface area contributed by atoms with Crippen molar-refractivity contribution >= 4 is 12.0 Å². The van der Waals surface area contributed by atoms with Crippen LogP contribution in [0, 0.1) is 0 Å². The van der Waals surface area contributed by atoms with Crippen LogP contribution in [-0.2, 0) is 16.1 Å². The standard InChI is InChI=1S/C14H19NO2/c1-4-17-14(16)10-9-12-7-5-6-8-13(12)11-15(2)3/h5-10H,4,11H2,1-3H3/b10-9+. The van der Waals surface area contributed by atoms with E-state index in [1.165, 1.54) is 11.6 Å². The highest BCUT2D eigenvalue weighted by molar-refractivity contribution is 5.87. The Bertz CT molecular complexity index is 397. The third-order valence-electron chi connectivity index (χ3n) is 2.23. The maximum absolute atomic E-state index is 11.2. The fourth-order valence-electron chi connectivity index (χ4n) is 1.53. The van der Waals surface area contributed by atoms with E-state index in [-0.39, 0.29) is 5.97 Å². The number of carbonyl (C=O) groups excluding carboxylic acids is 1. The van der Waals surface area contributed by atoms with Gasteiger partial charge in [0.05, 0.1) is 6.61 Å². The van der Waals surface area contributed by atoms with Crippen LogP contribution in [0.1, 0.15) is 18.1 Å². The van der Waals surface area contributed by atoms with Gasteiger partial charge in [0, 0.05) is 12.6 Å². The molecule has 0 unspecified atom stereocenters. The van der Waals surface area contributed by atoms with E-state index in [4.69, 9.17) is 4.74 Å². The summed E-state index contributed by atoms with van der Waals surface area (Å²) in [6.07, 6.45) is 3.27. The Kier molecular flexibility index (Phi) is 5.43. The predicted molar refractivity (Wildman–Crippen MR) is 69.5 cm³/mol. The Morgan fingerprint density at radius 2 is 2.06 bits per heavy atom. The van der Waals surface area contributed by atoms with Crippen molar-refractivity contribution in [2.45, 2.75) is 13.5 Å². The molecule has 0 heterocycles. The Morgan fingerprint density at radius 1 is 1.35 bits per heavy atom. The second kappa shape index (κ2) is 6.86. The van der Waals surface area contributed by atoms with Gasteiger partial charge in [-0.2, -0.15) is 0 Å². The number of ether oxygens (including phenoxy) is 1. The molecule has 0 aliphatic rings. The fourth-order valence-corrected chi connectivity index (χ4v) is 1.53. The van der Waals surface area contributed by atoms with Gasteiger partial charge in [-0.15, -0.1) is 0 Å². The molecule has 0 radical (unpaired) electrons. The SMILES string of the molecule is CCOC(=O)/C=C/c1ccccc1CN(C)C. The summed E-state index contributed by atoms with van der Waals surface area (Å²) in [5.41, 5.74) is 2.24. The first-order chi connectivity index (χ1) is 8.13. The summed E-state index contributed by atoms with van der Waals surface area (Å²) in [5.74, 6) is -0.299. The zero-order valence-corrected chi connectivity index (χ0v) is 10.6. The molecule has 0 spiro atoms. The highest BCUT2D eigenvalue weighted by Gasteiger charge is 2.01. The number of rotatable bonds is 5. The number of carbonyl (C=O) groups is 1. The summed E-state index contributed by atoms with van der Waals surface area (Å²) in [6.45, 7) is 3.05. The van der Waals surface area contributed by atoms with Gasteiger partial charge in [0.15, 0.2) is 0 Å². The molecule has 92 valence electrons. The molecule has 1 aromatic carbocycles. The molecular formula is C14H19NO2. The molecule has 0 bridgehead atoms. The van der Waals surface area contributed by atoms with Crippen LogP contribution in [-0.4, -0.2) is 31.6 Å². The average Bonchev–Trinajstić information content (AvgIpc) is 2.27. The van der Waals surface area contributed by atoms with E-state index in [2.05, 4.69) is 11.0 Å². The molecule has 0 aliphatic heterocycles. The second-order valence-corrected chi connectivity index (χ2v) is 4.02. The predicted octanol–water partition coefficient (Wildman–Crippen LogP) is 2.32. The lowest BCUT2D eigenvalue weighted by Crippen LogP contribution is -2.11. The first-order valence-corrected chi connectivity index (χ1v) is 5.71. The molecule has 0 saturated heterocycles. The molecule has 17 heavy (non-hydrogen) atoms. The average molecular weight is 233 g/mol. The maximum Gasteiger partial charge on any atom is 0.330 e. The van der Waals surface area contributed by atoms with E-state index < -0.39 is 0 Å². The summed E-state index contributed by atoms with van der Waals surface area (Å²) in [6, 6.07) is 8.02. The first kappa shape index (κ1) is 13.5. The van der Waals surface area contributed by atoms with Gasteiger partial charge in [0.25, 0.3) is 0 Å². The van der Waals surface area contributed by atoms with Crippen molar-refractivity contribution in [3.63, 3.8) is 0 Å². The molecule has 3 heteroatoms. The largest absolute Gasteiger partial charge is 0.463 e. The van der Waals surface area contributed by atoms with E-state index in [1.807, 2.05) is 32.3 Å². The lowest BCUT2D eigenvalue weighted by Gasteiger charge is -2.11. The minimum Gasteiger partial charge on any atom is -0.463 e. The molecule has 0 fully saturated rings. The van der Waals surface area contributed by atoms with Crippen LogP contribution in [0.5, 0.6) is 0 Å². The zero-order valence-electron chi connectivity index (χ0n) is 10.6. The van der Waals surface area contributed by atoms with E-state index in [0.717, 1.165) is 12.1 Å². The molecule has 3 nitrogen and oxygen atoms in total. The van der Waals surface area contributed by atoms with Crippen LogP contribution in [0.2, 0.25) is 0 Å². The summed E-state index contributed by atoms with van der Waals surface area (Å²) in [4.78, 5) is 13.3. The Labute approximate surface area is 103 Å². The van der Waals surface area contributed by atoms with Gasteiger partial charge in [-0.1, -0.05) is 24.3 Å². The van der Waals surface area contributed by atoms with Crippen LogP contribution >= 0.6 is 0 Å². The Morgan fingerprint density at radius 3 is 2.71 bits per heavy atom. The van der Waals surface area contributed by atoms with Crippen LogP contribution in [0.4, 0.5) is 0 Å². The summed E-state index contributed by atoms with van der Waals surface area (Å²) < 4.78 is 4.85. The van der Waals surface area contributed by atoms with E-state index in [9.17, 15) is 4.79 Å². The number of esters is 1. The number of hydrogen-bond donors (Lipinski definition) is 0. The van der Waals surface area contributed by atoms with Crippen molar-refractivity contribution in [1.29, 1.82) is 0 Å². The van der Waals surface area contributed by atoms with Crippen LogP contribution in [0.15, 0.2) is 30.3 Å². The van der Waals surface area contributed by atoms with Crippen molar-refractivity contribution in [2.24, 2.45) is 0 Å². The van der Waals surface area contributed by atoms with Crippen LogP contribution in [0.25, 0.3) is 6.08 Å². The highest BCUT2D eigenvalue weighted by Crippen LogP contribution is 2.12. The molecule has 0 aromatic heterocycles. The van der Waals surface area contributed by atoms with Crippen molar-refractivity contribution < 1.29 is 9.53 Å². The monoisotopic (exact) mass is 233 g/mol. The topological polar surface area (TPSA) is 29.5 Å². The van der Waals surface area contributed by atoms with E-state index in [0.29, 0.717) is 6.61 Å². The summed E-state index contributed by atoms with van der Waals surface area (Å²) >= 11 is 0. The van der Waals surface area contributed by atoms with Gasteiger partial charge in [-0.05, 0) is 38.2 Å². The molecule has 0 aliphatic carbocycles. The first-order valence-electron chi connectivity index (χ1n) is 5.71. The lowest BCUT2D eigenvalue weighted by molar-refractivity contribution is -0.137. The zero-order chi connectivity index (χ0) is 12.7. The van der Waals surface area contributed by atoms with Crippen LogP contribution < -0.4 is 0 Å². The van der Waals surface area contributed by atoms with E-state index in [1.54, 1.807) is 13.0 Å². The smallest absolute Gasteiger partial charge is 0.330 e. The van der Waals surface area contributed by atoms with Gasteiger partial charge < -0.3 is 9.64 Å². The van der Waals surface area contributed by atoms with Gasteiger partial charge in [-0.25, -0.2) is 4.79 Å². The normalized spacial score (nSPS) is 11.1. The molecule has 0 saturated carbocycles. The summed E-state index contributed by atoms with van der Waals surface area (Å²) in [7, 11) is 4.04. The lowest BCUT2D eigenvalue weighted by atomic mass is 10.1. The van der Waals surface area contributed by atoms with Gasteiger partial charge in [0.1, 0.15) is 0 Å². The van der Waals surface area contributed by atoms with Crippen molar-refractivity contribution in [3.8, 4) is 0 Å². The molecule has 1 aromatic rings. The minimum atomic E-state index is -0.299. The highest BCUT2D eigenvalue weighted by atomic mass is 16.5. The number of nitrogens with zero attached hydrogens (tertiary/aromatic N) is 1. The molecule has 0 atom stereocenters. The van der Waals surface area contributed by atoms with Crippen molar-refractivity contribution in [3.05, 3.63) is 41.5 Å². The second-order valence-electron chi connectivity index (χ2n) is 4.02.